The van der Waals surface area contributed by atoms with Crippen LogP contribution in [0, 0.1) is 0 Å². The Balaban J connectivity index is 3.20. The molecule has 0 unspecified atom stereocenters. The highest BCUT2D eigenvalue weighted by molar-refractivity contribution is 5.56. The van der Waals surface area contributed by atoms with Crippen molar-refractivity contribution in [3.8, 4) is 17.2 Å². The average Bonchev–Trinajstić information content (AvgIpc) is 2.46. The fraction of sp³-hybridized carbons (Fsp3) is 0.412. The summed E-state index contributed by atoms with van der Waals surface area (Å²) in [6, 6.07) is 3.97. The molecular formula is C17H24O3. The molecule has 0 saturated carbocycles. The minimum absolute atomic E-state index is 0.417. The normalized spacial score (nSPS) is 9.90. The second-order valence-corrected chi connectivity index (χ2v) is 4.26. The van der Waals surface area contributed by atoms with Crippen molar-refractivity contribution in [1.82, 2.24) is 0 Å². The Labute approximate surface area is 121 Å². The molecule has 1 aromatic rings. The molecule has 0 heterocycles. The number of aryl methyl sites for hydroxylation is 1. The summed E-state index contributed by atoms with van der Waals surface area (Å²) >= 11 is 0. The van der Waals surface area contributed by atoms with Gasteiger partial charge in [0.05, 0.1) is 6.61 Å². The lowest BCUT2D eigenvalue weighted by molar-refractivity contribution is 0.272. The molecule has 20 heavy (non-hydrogen) atoms. The first-order chi connectivity index (χ1) is 9.78. The van der Waals surface area contributed by atoms with Gasteiger partial charge >= 0.3 is 0 Å². The molecule has 0 aliphatic heterocycles. The largest absolute Gasteiger partial charge is 0.490 e. The van der Waals surface area contributed by atoms with Crippen molar-refractivity contribution < 1.29 is 14.2 Å². The molecule has 3 nitrogen and oxygen atoms in total. The lowest BCUT2D eigenvalue weighted by atomic mass is 10.1. The summed E-state index contributed by atoms with van der Waals surface area (Å²) in [7, 11) is 0. The van der Waals surface area contributed by atoms with Gasteiger partial charge in [-0.2, -0.15) is 0 Å². The van der Waals surface area contributed by atoms with Crippen LogP contribution in [0.15, 0.2) is 37.4 Å². The van der Waals surface area contributed by atoms with E-state index in [1.54, 1.807) is 12.2 Å². The van der Waals surface area contributed by atoms with Crippen LogP contribution in [-0.2, 0) is 6.42 Å². The predicted molar refractivity (Wildman–Crippen MR) is 83.0 cm³/mol. The summed E-state index contributed by atoms with van der Waals surface area (Å²) in [6.45, 7) is 12.9. The van der Waals surface area contributed by atoms with Crippen molar-refractivity contribution >= 4 is 0 Å². The first kappa shape index (κ1) is 16.2. The molecule has 0 amide bonds. The van der Waals surface area contributed by atoms with Crippen LogP contribution >= 0.6 is 0 Å². The smallest absolute Gasteiger partial charge is 0.204 e. The monoisotopic (exact) mass is 276 g/mol. The van der Waals surface area contributed by atoms with Crippen LogP contribution in [0.5, 0.6) is 17.2 Å². The van der Waals surface area contributed by atoms with Gasteiger partial charge in [-0.05, 0) is 25.0 Å². The molecule has 0 atom stereocenters. The maximum atomic E-state index is 5.80. The Morgan fingerprint density at radius 2 is 1.60 bits per heavy atom. The molecule has 0 bridgehead atoms. The molecule has 0 aliphatic carbocycles. The van der Waals surface area contributed by atoms with Gasteiger partial charge in [-0.25, -0.2) is 0 Å². The fourth-order valence-corrected chi connectivity index (χ4v) is 1.90. The van der Waals surface area contributed by atoms with E-state index in [0.717, 1.165) is 24.2 Å². The van der Waals surface area contributed by atoms with Crippen molar-refractivity contribution in [2.75, 3.05) is 19.8 Å². The third-order valence-electron chi connectivity index (χ3n) is 2.67. The molecule has 1 aromatic carbocycles. The molecule has 0 N–H and O–H groups in total. The van der Waals surface area contributed by atoms with E-state index in [0.29, 0.717) is 31.3 Å². The fourth-order valence-electron chi connectivity index (χ4n) is 1.90. The Morgan fingerprint density at radius 1 is 0.950 bits per heavy atom. The summed E-state index contributed by atoms with van der Waals surface area (Å²) in [5, 5.41) is 0. The standard InChI is InChI=1S/C17H24O3/c1-5-9-14-10-11-15(18-8-4)17(20-13-7-3)16(14)19-12-6-2/h6-7,10-11H,2-3,5,8-9,12-13H2,1,4H3. The molecule has 0 aliphatic rings. The zero-order chi connectivity index (χ0) is 14.8. The Kier molecular flexibility index (Phi) is 7.33. The molecule has 0 saturated heterocycles. The lowest BCUT2D eigenvalue weighted by Gasteiger charge is -2.18. The van der Waals surface area contributed by atoms with Gasteiger partial charge < -0.3 is 14.2 Å². The van der Waals surface area contributed by atoms with Gasteiger partial charge in [-0.15, -0.1) is 0 Å². The van der Waals surface area contributed by atoms with Gasteiger partial charge in [0.1, 0.15) is 13.2 Å². The summed E-state index contributed by atoms with van der Waals surface area (Å²) in [5.74, 6) is 2.10. The molecule has 0 aromatic heterocycles. The maximum Gasteiger partial charge on any atom is 0.204 e. The van der Waals surface area contributed by atoms with Crippen molar-refractivity contribution in [2.24, 2.45) is 0 Å². The van der Waals surface area contributed by atoms with Crippen LogP contribution in [0.4, 0.5) is 0 Å². The van der Waals surface area contributed by atoms with Crippen molar-refractivity contribution in [3.63, 3.8) is 0 Å². The highest BCUT2D eigenvalue weighted by Crippen LogP contribution is 2.41. The average molecular weight is 276 g/mol. The molecule has 0 radical (unpaired) electrons. The summed E-state index contributed by atoms with van der Waals surface area (Å²) in [5.41, 5.74) is 1.12. The second kappa shape index (κ2) is 9.08. The highest BCUT2D eigenvalue weighted by atomic mass is 16.5. The van der Waals surface area contributed by atoms with Gasteiger partial charge in [0.15, 0.2) is 11.5 Å². The van der Waals surface area contributed by atoms with Crippen LogP contribution < -0.4 is 14.2 Å². The molecule has 0 fully saturated rings. The van der Waals surface area contributed by atoms with Crippen LogP contribution in [0.1, 0.15) is 25.8 Å². The van der Waals surface area contributed by atoms with Crippen molar-refractivity contribution in [1.29, 1.82) is 0 Å². The zero-order valence-corrected chi connectivity index (χ0v) is 12.5. The number of benzene rings is 1. The minimum atomic E-state index is 0.417. The van der Waals surface area contributed by atoms with E-state index >= 15 is 0 Å². The molecular weight excluding hydrogens is 252 g/mol. The minimum Gasteiger partial charge on any atom is -0.490 e. The number of hydrogen-bond acceptors (Lipinski definition) is 3. The van der Waals surface area contributed by atoms with E-state index in [1.165, 1.54) is 0 Å². The Morgan fingerprint density at radius 3 is 2.15 bits per heavy atom. The summed E-state index contributed by atoms with van der Waals surface area (Å²) in [4.78, 5) is 0. The summed E-state index contributed by atoms with van der Waals surface area (Å²) < 4.78 is 17.2. The Hall–Kier alpha value is -1.90. The lowest BCUT2D eigenvalue weighted by Crippen LogP contribution is -2.05. The van der Waals surface area contributed by atoms with E-state index in [1.807, 2.05) is 19.1 Å². The van der Waals surface area contributed by atoms with Crippen molar-refractivity contribution in [2.45, 2.75) is 26.7 Å². The SMILES string of the molecule is C=CCOc1c(CCC)ccc(OCC)c1OCC=C. The molecule has 110 valence electrons. The zero-order valence-electron chi connectivity index (χ0n) is 12.5. The molecule has 1 rings (SSSR count). The molecule has 3 heteroatoms. The van der Waals surface area contributed by atoms with Crippen LogP contribution in [-0.4, -0.2) is 19.8 Å². The van der Waals surface area contributed by atoms with Gasteiger partial charge in [-0.1, -0.05) is 44.7 Å². The number of hydrogen-bond donors (Lipinski definition) is 0. The van der Waals surface area contributed by atoms with Crippen LogP contribution in [0.3, 0.4) is 0 Å². The van der Waals surface area contributed by atoms with Gasteiger partial charge in [0.2, 0.25) is 5.75 Å². The number of rotatable bonds is 10. The van der Waals surface area contributed by atoms with Gasteiger partial charge in [0.25, 0.3) is 0 Å². The van der Waals surface area contributed by atoms with Crippen molar-refractivity contribution in [3.05, 3.63) is 43.0 Å². The first-order valence-corrected chi connectivity index (χ1v) is 7.04. The van der Waals surface area contributed by atoms with E-state index in [4.69, 9.17) is 14.2 Å². The van der Waals surface area contributed by atoms with Gasteiger partial charge in [-0.3, -0.25) is 0 Å². The quantitative estimate of drug-likeness (QED) is 0.600. The molecule has 0 spiro atoms. The topological polar surface area (TPSA) is 27.7 Å². The van der Waals surface area contributed by atoms with E-state index < -0.39 is 0 Å². The van der Waals surface area contributed by atoms with E-state index in [9.17, 15) is 0 Å². The van der Waals surface area contributed by atoms with Crippen LogP contribution in [0.25, 0.3) is 0 Å². The third-order valence-corrected chi connectivity index (χ3v) is 2.67. The first-order valence-electron chi connectivity index (χ1n) is 7.04. The van der Waals surface area contributed by atoms with Gasteiger partial charge in [0, 0.05) is 0 Å². The van der Waals surface area contributed by atoms with Crippen LogP contribution in [0.2, 0.25) is 0 Å². The summed E-state index contributed by atoms with van der Waals surface area (Å²) in [6.07, 6.45) is 5.41. The predicted octanol–water partition coefficient (Wildman–Crippen LogP) is 4.17. The maximum absolute atomic E-state index is 5.80. The van der Waals surface area contributed by atoms with E-state index in [-0.39, 0.29) is 0 Å². The van der Waals surface area contributed by atoms with E-state index in [2.05, 4.69) is 20.1 Å². The third kappa shape index (κ3) is 4.34. The second-order valence-electron chi connectivity index (χ2n) is 4.26. The highest BCUT2D eigenvalue weighted by Gasteiger charge is 2.16. The number of ether oxygens (including phenoxy) is 3. The Bertz CT molecular complexity index is 397.